The third-order valence-electron chi connectivity index (χ3n) is 8.07. The Morgan fingerprint density at radius 2 is 2.00 bits per heavy atom. The molecule has 4 aliphatic rings. The zero-order chi connectivity index (χ0) is 25.4. The van der Waals surface area contributed by atoms with Crippen molar-refractivity contribution in [3.8, 4) is 0 Å². The maximum Gasteiger partial charge on any atom is 0.321 e. The molecule has 0 aliphatic carbocycles. The molecule has 198 valence electrons. The fraction of sp³-hybridized carbons (Fsp3) is 0.760. The summed E-state index contributed by atoms with van der Waals surface area (Å²) < 4.78 is 11.0. The lowest BCUT2D eigenvalue weighted by Crippen LogP contribution is -2.59. The summed E-state index contributed by atoms with van der Waals surface area (Å²) in [6.07, 6.45) is 2.71. The van der Waals surface area contributed by atoms with Gasteiger partial charge in [-0.2, -0.15) is 5.10 Å². The summed E-state index contributed by atoms with van der Waals surface area (Å²) in [7, 11) is 0. The van der Waals surface area contributed by atoms with Gasteiger partial charge in [0.15, 0.2) is 5.82 Å². The molecule has 0 aromatic carbocycles. The molecule has 0 radical (unpaired) electrons. The van der Waals surface area contributed by atoms with Gasteiger partial charge in [-0.25, -0.2) is 4.79 Å². The largest absolute Gasteiger partial charge is 0.381 e. The van der Waals surface area contributed by atoms with Gasteiger partial charge >= 0.3 is 6.03 Å². The highest BCUT2D eigenvalue weighted by molar-refractivity contribution is 6.43. The minimum atomic E-state index is -0.567. The molecule has 5 heterocycles. The molecule has 2 atom stereocenters. The van der Waals surface area contributed by atoms with Crippen LogP contribution in [0.4, 0.5) is 10.6 Å². The monoisotopic (exact) mass is 501 g/mol. The number of nitrogens with one attached hydrogen (secondary N) is 2. The van der Waals surface area contributed by atoms with Gasteiger partial charge in [-0.1, -0.05) is 6.92 Å². The maximum absolute atomic E-state index is 13.8. The van der Waals surface area contributed by atoms with E-state index in [1.807, 2.05) is 30.6 Å². The average molecular weight is 502 g/mol. The SMILES string of the molecule is CCC1N=C(C(=O)Nc2n[nH]c3c2CN(C(=O)N2CCN(CC4CCOCC4)C[C@@H]2C)C3(C)C)CO1. The van der Waals surface area contributed by atoms with Crippen LogP contribution in [0.1, 0.15) is 58.2 Å². The number of nitrogens with zero attached hydrogens (tertiary/aromatic N) is 5. The first-order valence-electron chi connectivity index (χ1n) is 13.2. The van der Waals surface area contributed by atoms with Gasteiger partial charge in [0.05, 0.1) is 24.4 Å². The molecule has 36 heavy (non-hydrogen) atoms. The van der Waals surface area contributed by atoms with Crippen LogP contribution in [-0.4, -0.2) is 101 Å². The topological polar surface area (TPSA) is 115 Å². The van der Waals surface area contributed by atoms with Gasteiger partial charge in [-0.05, 0) is 46.0 Å². The van der Waals surface area contributed by atoms with E-state index in [2.05, 4.69) is 32.3 Å². The molecule has 1 aromatic rings. The quantitative estimate of drug-likeness (QED) is 0.639. The average Bonchev–Trinajstić information content (AvgIpc) is 3.56. The normalized spacial score (nSPS) is 26.7. The fourth-order valence-electron chi connectivity index (χ4n) is 5.79. The number of aromatic nitrogens is 2. The van der Waals surface area contributed by atoms with E-state index < -0.39 is 5.54 Å². The van der Waals surface area contributed by atoms with E-state index in [-0.39, 0.29) is 30.8 Å². The van der Waals surface area contributed by atoms with Crippen molar-refractivity contribution in [2.24, 2.45) is 10.9 Å². The Hall–Kier alpha value is -2.50. The van der Waals surface area contributed by atoms with Crippen LogP contribution in [0.25, 0.3) is 0 Å². The van der Waals surface area contributed by atoms with Crippen LogP contribution in [0.2, 0.25) is 0 Å². The number of urea groups is 1. The second-order valence-electron chi connectivity index (χ2n) is 10.9. The van der Waals surface area contributed by atoms with Crippen LogP contribution in [0.3, 0.4) is 0 Å². The molecular formula is C25H39N7O4. The molecule has 11 nitrogen and oxygen atoms in total. The van der Waals surface area contributed by atoms with Crippen LogP contribution in [0.15, 0.2) is 4.99 Å². The number of carbonyl (C=O) groups is 2. The molecule has 2 fully saturated rings. The van der Waals surface area contributed by atoms with Gasteiger partial charge < -0.3 is 24.6 Å². The first-order chi connectivity index (χ1) is 17.3. The summed E-state index contributed by atoms with van der Waals surface area (Å²) in [5.41, 5.74) is 1.51. The molecule has 2 saturated heterocycles. The van der Waals surface area contributed by atoms with Crippen LogP contribution in [-0.2, 0) is 26.4 Å². The van der Waals surface area contributed by atoms with Crippen molar-refractivity contribution in [3.63, 3.8) is 0 Å². The Balaban J connectivity index is 1.22. The number of H-pyrrole nitrogens is 1. The van der Waals surface area contributed by atoms with Gasteiger partial charge in [0.2, 0.25) is 0 Å². The molecule has 11 heteroatoms. The lowest BCUT2D eigenvalue weighted by Gasteiger charge is -2.44. The third-order valence-corrected chi connectivity index (χ3v) is 8.07. The number of ether oxygens (including phenoxy) is 2. The van der Waals surface area contributed by atoms with E-state index in [4.69, 9.17) is 9.47 Å². The molecule has 0 bridgehead atoms. The molecule has 3 amide bonds. The molecule has 2 N–H and O–H groups in total. The van der Waals surface area contributed by atoms with E-state index in [9.17, 15) is 9.59 Å². The number of carbonyl (C=O) groups excluding carboxylic acids is 2. The van der Waals surface area contributed by atoms with Crippen LogP contribution in [0.5, 0.6) is 0 Å². The van der Waals surface area contributed by atoms with Gasteiger partial charge in [0.25, 0.3) is 5.91 Å². The Morgan fingerprint density at radius 1 is 1.22 bits per heavy atom. The van der Waals surface area contributed by atoms with Crippen molar-refractivity contribution in [1.82, 2.24) is 24.9 Å². The first kappa shape index (κ1) is 25.2. The van der Waals surface area contributed by atoms with Crippen molar-refractivity contribution >= 4 is 23.5 Å². The second kappa shape index (κ2) is 10.1. The number of fused-ring (bicyclic) bond motifs is 1. The van der Waals surface area contributed by atoms with Gasteiger partial charge in [0.1, 0.15) is 11.9 Å². The Bertz CT molecular complexity index is 1020. The number of amides is 3. The van der Waals surface area contributed by atoms with Crippen molar-refractivity contribution in [2.75, 3.05) is 51.3 Å². The Labute approximate surface area is 212 Å². The lowest BCUT2D eigenvalue weighted by atomic mass is 9.99. The molecular weight excluding hydrogens is 462 g/mol. The van der Waals surface area contributed by atoms with Crippen molar-refractivity contribution in [2.45, 2.75) is 71.3 Å². The zero-order valence-electron chi connectivity index (χ0n) is 21.9. The smallest absolute Gasteiger partial charge is 0.321 e. The molecule has 1 aromatic heterocycles. The number of aromatic amines is 1. The van der Waals surface area contributed by atoms with E-state index in [1.165, 1.54) is 0 Å². The highest BCUT2D eigenvalue weighted by Gasteiger charge is 2.46. The number of rotatable bonds is 5. The zero-order valence-corrected chi connectivity index (χ0v) is 21.9. The van der Waals surface area contributed by atoms with Gasteiger partial charge in [-0.15, -0.1) is 0 Å². The van der Waals surface area contributed by atoms with E-state index in [1.54, 1.807) is 0 Å². The van der Waals surface area contributed by atoms with Gasteiger partial charge in [0, 0.05) is 51.0 Å². The Morgan fingerprint density at radius 3 is 2.69 bits per heavy atom. The van der Waals surface area contributed by atoms with Gasteiger partial charge in [-0.3, -0.25) is 19.8 Å². The lowest BCUT2D eigenvalue weighted by molar-refractivity contribution is -0.110. The van der Waals surface area contributed by atoms with Crippen molar-refractivity contribution in [3.05, 3.63) is 11.3 Å². The summed E-state index contributed by atoms with van der Waals surface area (Å²) in [5, 5.41) is 10.3. The summed E-state index contributed by atoms with van der Waals surface area (Å²) >= 11 is 0. The highest BCUT2D eigenvalue weighted by Crippen LogP contribution is 2.41. The number of hydrogen-bond acceptors (Lipinski definition) is 7. The molecule has 5 rings (SSSR count). The van der Waals surface area contributed by atoms with Crippen molar-refractivity contribution in [1.29, 1.82) is 0 Å². The van der Waals surface area contributed by atoms with Crippen molar-refractivity contribution < 1.29 is 19.1 Å². The van der Waals surface area contributed by atoms with E-state index in [0.29, 0.717) is 30.5 Å². The minimum Gasteiger partial charge on any atom is -0.381 e. The molecule has 4 aliphatic heterocycles. The van der Waals surface area contributed by atoms with E-state index in [0.717, 1.165) is 63.4 Å². The van der Waals surface area contributed by atoms with E-state index >= 15 is 0 Å². The number of hydrogen-bond donors (Lipinski definition) is 2. The summed E-state index contributed by atoms with van der Waals surface area (Å²) in [5.74, 6) is 0.832. The van der Waals surface area contributed by atoms with Crippen LogP contribution < -0.4 is 5.32 Å². The summed E-state index contributed by atoms with van der Waals surface area (Å²) in [6.45, 7) is 14.0. The number of piperazine rings is 1. The number of anilines is 1. The van der Waals surface area contributed by atoms with Crippen LogP contribution >= 0.6 is 0 Å². The summed E-state index contributed by atoms with van der Waals surface area (Å²) in [6, 6.07) is 0.157. The molecule has 0 spiro atoms. The first-order valence-corrected chi connectivity index (χ1v) is 13.2. The van der Waals surface area contributed by atoms with Crippen LogP contribution in [0, 0.1) is 5.92 Å². The fourth-order valence-corrected chi connectivity index (χ4v) is 5.79. The maximum atomic E-state index is 13.8. The molecule has 0 saturated carbocycles. The predicted octanol–water partition coefficient (Wildman–Crippen LogP) is 2.16. The predicted molar refractivity (Wildman–Crippen MR) is 135 cm³/mol. The summed E-state index contributed by atoms with van der Waals surface area (Å²) in [4.78, 5) is 37.2. The minimum absolute atomic E-state index is 0.0273. The second-order valence-corrected chi connectivity index (χ2v) is 10.9. The highest BCUT2D eigenvalue weighted by atomic mass is 16.5. The Kier molecular flexibility index (Phi) is 7.06. The third kappa shape index (κ3) is 4.76. The molecule has 1 unspecified atom stereocenters. The number of aliphatic imine (C=N–C) groups is 1. The standard InChI is InChI=1S/C25H39N7O4/c1-5-20-26-19(15-36-20)23(33)27-22-18-14-32(25(3,4)21(18)28-29-22)24(34)31-9-8-30(12-16(31)2)13-17-6-10-35-11-7-17/h16-17,20H,5-15H2,1-4H3,(H2,27,28,29,33)/t16-,20?/m0/s1.